The van der Waals surface area contributed by atoms with Gasteiger partial charge in [-0.25, -0.2) is 13.6 Å². The molecule has 0 saturated heterocycles. The SMILES string of the molecule is NS(=O)(=O)c1ccc(C(=O)N2CCc3cc4ccc3C2c2cccc(c2)OCCCNC(=O)c2cncc(c2)O4)cc1. The highest BCUT2D eigenvalue weighted by Crippen LogP contribution is 2.39. The molecule has 11 heteroatoms. The third-order valence-electron chi connectivity index (χ3n) is 7.29. The van der Waals surface area contributed by atoms with Crippen LogP contribution in [0.4, 0.5) is 0 Å². The molecule has 0 aliphatic carbocycles. The number of pyridine rings is 1. The molecular weight excluding hydrogens is 556 g/mol. The third kappa shape index (κ3) is 5.69. The van der Waals surface area contributed by atoms with E-state index in [9.17, 15) is 18.0 Å². The van der Waals surface area contributed by atoms with Gasteiger partial charge in [-0.1, -0.05) is 18.2 Å². The Labute approximate surface area is 243 Å². The van der Waals surface area contributed by atoms with E-state index in [4.69, 9.17) is 14.6 Å². The lowest BCUT2D eigenvalue weighted by Crippen LogP contribution is -2.40. The summed E-state index contributed by atoms with van der Waals surface area (Å²) in [6.45, 7) is 1.22. The maximum Gasteiger partial charge on any atom is 0.254 e. The van der Waals surface area contributed by atoms with E-state index in [0.29, 0.717) is 60.9 Å². The summed E-state index contributed by atoms with van der Waals surface area (Å²) in [7, 11) is -3.88. The number of sulfonamides is 1. The molecule has 1 aromatic heterocycles. The van der Waals surface area contributed by atoms with Crippen molar-refractivity contribution in [2.45, 2.75) is 23.8 Å². The molecule has 214 valence electrons. The van der Waals surface area contributed by atoms with Crippen molar-refractivity contribution in [1.82, 2.24) is 15.2 Å². The molecule has 1 unspecified atom stereocenters. The number of rotatable bonds is 2. The Morgan fingerprint density at radius 1 is 0.976 bits per heavy atom. The minimum absolute atomic E-state index is 0.0584. The minimum Gasteiger partial charge on any atom is -0.494 e. The smallest absolute Gasteiger partial charge is 0.254 e. The fourth-order valence-corrected chi connectivity index (χ4v) is 5.79. The Morgan fingerprint density at radius 2 is 1.81 bits per heavy atom. The molecule has 0 spiro atoms. The number of nitrogens with one attached hydrogen (secondary N) is 1. The quantitative estimate of drug-likeness (QED) is 0.365. The number of ether oxygens (including phenoxy) is 2. The van der Waals surface area contributed by atoms with Gasteiger partial charge in [-0.2, -0.15) is 0 Å². The fourth-order valence-electron chi connectivity index (χ4n) is 5.27. The summed E-state index contributed by atoms with van der Waals surface area (Å²) >= 11 is 0. The van der Waals surface area contributed by atoms with Crippen molar-refractivity contribution in [3.8, 4) is 17.2 Å². The molecule has 4 heterocycles. The Balaban J connectivity index is 1.41. The van der Waals surface area contributed by atoms with Gasteiger partial charge in [0.15, 0.2) is 0 Å². The Bertz CT molecular complexity index is 1770. The number of nitrogens with two attached hydrogens (primary N) is 1. The lowest BCUT2D eigenvalue weighted by molar-refractivity contribution is 0.0694. The number of primary sulfonamides is 1. The average molecular weight is 585 g/mol. The Kier molecular flexibility index (Phi) is 7.36. The molecule has 8 bridgehead atoms. The van der Waals surface area contributed by atoms with Gasteiger partial charge < -0.3 is 19.7 Å². The Hall–Kier alpha value is -4.74. The van der Waals surface area contributed by atoms with Crippen LogP contribution in [0.5, 0.6) is 17.2 Å². The highest BCUT2D eigenvalue weighted by molar-refractivity contribution is 7.89. The van der Waals surface area contributed by atoms with Crippen LogP contribution in [0.15, 0.2) is 90.1 Å². The molecule has 2 amide bonds. The van der Waals surface area contributed by atoms with Crippen molar-refractivity contribution >= 4 is 21.8 Å². The summed E-state index contributed by atoms with van der Waals surface area (Å²) in [5.41, 5.74) is 3.56. The second kappa shape index (κ2) is 11.3. The molecule has 0 fully saturated rings. The predicted molar refractivity (Wildman–Crippen MR) is 154 cm³/mol. The van der Waals surface area contributed by atoms with Crippen molar-refractivity contribution in [2.24, 2.45) is 5.14 Å². The molecule has 7 rings (SSSR count). The summed E-state index contributed by atoms with van der Waals surface area (Å²) in [6.07, 6.45) is 4.21. The number of amides is 2. The van der Waals surface area contributed by atoms with Crippen molar-refractivity contribution in [1.29, 1.82) is 0 Å². The van der Waals surface area contributed by atoms with Crippen LogP contribution in [0.3, 0.4) is 0 Å². The van der Waals surface area contributed by atoms with Gasteiger partial charge in [-0.3, -0.25) is 14.6 Å². The molecule has 3 aliphatic heterocycles. The van der Waals surface area contributed by atoms with Gasteiger partial charge in [0.2, 0.25) is 10.0 Å². The van der Waals surface area contributed by atoms with Crippen LogP contribution >= 0.6 is 0 Å². The molecule has 3 N–H and O–H groups in total. The second-order valence-corrected chi connectivity index (χ2v) is 11.7. The van der Waals surface area contributed by atoms with Crippen LogP contribution < -0.4 is 19.9 Å². The van der Waals surface area contributed by atoms with E-state index < -0.39 is 16.1 Å². The van der Waals surface area contributed by atoms with E-state index in [0.717, 1.165) is 16.7 Å². The molecule has 0 radical (unpaired) electrons. The summed E-state index contributed by atoms with van der Waals surface area (Å²) in [5.74, 6) is 1.19. The highest BCUT2D eigenvalue weighted by Gasteiger charge is 2.33. The number of carbonyl (C=O) groups excluding carboxylic acids is 2. The van der Waals surface area contributed by atoms with Gasteiger partial charge in [0.05, 0.1) is 29.3 Å². The van der Waals surface area contributed by atoms with E-state index in [-0.39, 0.29) is 16.7 Å². The topological polar surface area (TPSA) is 141 Å². The predicted octanol–water partition coefficient (Wildman–Crippen LogP) is 3.82. The Morgan fingerprint density at radius 3 is 2.62 bits per heavy atom. The van der Waals surface area contributed by atoms with E-state index in [1.807, 2.05) is 42.5 Å². The molecule has 4 aromatic rings. The lowest BCUT2D eigenvalue weighted by atomic mass is 9.87. The first kappa shape index (κ1) is 27.4. The van der Waals surface area contributed by atoms with Gasteiger partial charge in [0.1, 0.15) is 17.2 Å². The fraction of sp³-hybridized carbons (Fsp3) is 0.194. The van der Waals surface area contributed by atoms with Crippen LogP contribution in [0.1, 0.15) is 49.9 Å². The summed E-state index contributed by atoms with van der Waals surface area (Å²) in [6, 6.07) is 20.2. The monoisotopic (exact) mass is 584 g/mol. The number of nitrogens with zero attached hydrogens (tertiary/aromatic N) is 2. The zero-order valence-electron chi connectivity index (χ0n) is 22.5. The van der Waals surface area contributed by atoms with Gasteiger partial charge in [0, 0.05) is 24.8 Å². The molecule has 3 aliphatic rings. The van der Waals surface area contributed by atoms with Gasteiger partial charge in [0.25, 0.3) is 11.8 Å². The third-order valence-corrected chi connectivity index (χ3v) is 8.22. The maximum atomic E-state index is 13.9. The van der Waals surface area contributed by atoms with Crippen LogP contribution in [0.25, 0.3) is 0 Å². The van der Waals surface area contributed by atoms with Crippen molar-refractivity contribution in [2.75, 3.05) is 19.7 Å². The first-order valence-electron chi connectivity index (χ1n) is 13.5. The van der Waals surface area contributed by atoms with Gasteiger partial charge in [-0.15, -0.1) is 0 Å². The highest BCUT2D eigenvalue weighted by atomic mass is 32.2. The van der Waals surface area contributed by atoms with Crippen LogP contribution in [0.2, 0.25) is 0 Å². The number of carbonyl (C=O) groups is 2. The first-order chi connectivity index (χ1) is 20.3. The van der Waals surface area contributed by atoms with Crippen molar-refractivity contribution in [3.63, 3.8) is 0 Å². The number of benzene rings is 3. The number of hydrogen-bond acceptors (Lipinski definition) is 7. The summed E-state index contributed by atoms with van der Waals surface area (Å²) in [4.78, 5) is 32.4. The average Bonchev–Trinajstić information content (AvgIpc) is 2.99. The van der Waals surface area contributed by atoms with E-state index >= 15 is 0 Å². The molecule has 3 aromatic carbocycles. The largest absolute Gasteiger partial charge is 0.494 e. The number of hydrogen-bond donors (Lipinski definition) is 2. The second-order valence-electron chi connectivity index (χ2n) is 10.1. The lowest BCUT2D eigenvalue weighted by Gasteiger charge is -2.38. The van der Waals surface area contributed by atoms with E-state index in [1.165, 1.54) is 30.5 Å². The van der Waals surface area contributed by atoms with Crippen LogP contribution in [-0.4, -0.2) is 49.8 Å². The number of aromatic nitrogens is 1. The normalized spacial score (nSPS) is 16.8. The van der Waals surface area contributed by atoms with Crippen molar-refractivity contribution < 1.29 is 27.5 Å². The van der Waals surface area contributed by atoms with Gasteiger partial charge in [-0.05, 0) is 84.1 Å². The zero-order chi connectivity index (χ0) is 29.3. The zero-order valence-corrected chi connectivity index (χ0v) is 23.3. The first-order valence-corrected chi connectivity index (χ1v) is 15.0. The maximum absolute atomic E-state index is 13.9. The molecule has 42 heavy (non-hydrogen) atoms. The van der Waals surface area contributed by atoms with Crippen molar-refractivity contribution in [3.05, 3.63) is 113 Å². The summed E-state index contributed by atoms with van der Waals surface area (Å²) < 4.78 is 35.6. The van der Waals surface area contributed by atoms with Crippen LogP contribution in [0, 0.1) is 0 Å². The molecule has 1 atom stereocenters. The number of fused-ring (bicyclic) bond motifs is 6. The van der Waals surface area contributed by atoms with E-state index in [1.54, 1.807) is 17.2 Å². The van der Waals surface area contributed by atoms with Gasteiger partial charge >= 0.3 is 0 Å². The standard InChI is InChI=1S/C31H28N4O6S/c32-42(38,39)27-8-5-20(6-9-27)31(37)35-13-11-21-15-25-7-10-28(21)29(35)22-3-1-4-24(16-22)40-14-2-12-34-30(36)23-17-26(41-25)19-33-18-23/h1,3-10,15-19,29H,2,11-14H2,(H,34,36)(H2,32,38,39). The van der Waals surface area contributed by atoms with Crippen LogP contribution in [-0.2, 0) is 16.4 Å². The minimum atomic E-state index is -3.88. The molecule has 10 nitrogen and oxygen atoms in total. The van der Waals surface area contributed by atoms with E-state index in [2.05, 4.69) is 10.3 Å². The summed E-state index contributed by atoms with van der Waals surface area (Å²) in [5, 5.41) is 8.12. The molecule has 0 saturated carbocycles. The molecular formula is C31H28N4O6S.